The Bertz CT molecular complexity index is 1040. The molecular weight excluding hydrogens is 416 g/mol. The summed E-state index contributed by atoms with van der Waals surface area (Å²) in [6, 6.07) is 25.2. The van der Waals surface area contributed by atoms with E-state index in [2.05, 4.69) is 23.1 Å². The molecule has 3 rings (SSSR count). The van der Waals surface area contributed by atoms with E-state index in [1.165, 1.54) is 10.5 Å². The molecule has 0 aliphatic carbocycles. The third-order valence-corrected chi connectivity index (χ3v) is 6.54. The van der Waals surface area contributed by atoms with Crippen LogP contribution in [0, 0.1) is 0 Å². The van der Waals surface area contributed by atoms with Gasteiger partial charge in [0, 0.05) is 30.3 Å². The highest BCUT2D eigenvalue weighted by Crippen LogP contribution is 2.20. The van der Waals surface area contributed by atoms with Crippen molar-refractivity contribution in [2.24, 2.45) is 5.14 Å². The highest BCUT2D eigenvalue weighted by molar-refractivity contribution is 7.99. The first-order valence-corrected chi connectivity index (χ1v) is 12.1. The van der Waals surface area contributed by atoms with E-state index in [4.69, 9.17) is 9.88 Å². The van der Waals surface area contributed by atoms with Gasteiger partial charge in [0.2, 0.25) is 10.0 Å². The lowest BCUT2D eigenvalue weighted by Crippen LogP contribution is -2.25. The molecule has 0 atom stereocenters. The van der Waals surface area contributed by atoms with Crippen molar-refractivity contribution in [1.82, 2.24) is 4.90 Å². The average molecular weight is 443 g/mol. The molecule has 0 aliphatic heterocycles. The van der Waals surface area contributed by atoms with Crippen molar-refractivity contribution in [1.29, 1.82) is 0 Å². The summed E-state index contributed by atoms with van der Waals surface area (Å²) in [6.07, 6.45) is 0. The fourth-order valence-corrected chi connectivity index (χ4v) is 4.55. The summed E-state index contributed by atoms with van der Waals surface area (Å²) in [5.41, 5.74) is 2.20. The standard InChI is InChI=1S/C23H26N2O3S2/c1-28-21-7-5-6-20(16-21)18-25(14-15-29-22-8-3-2-4-9-22)17-19-10-12-23(13-11-19)30(24,26)27/h2-13,16H,14-15,17-18H2,1H3,(H2,24,26,27). The average Bonchev–Trinajstić information content (AvgIpc) is 2.74. The predicted molar refractivity (Wildman–Crippen MR) is 122 cm³/mol. The predicted octanol–water partition coefficient (Wildman–Crippen LogP) is 4.14. The smallest absolute Gasteiger partial charge is 0.238 e. The Balaban J connectivity index is 1.70. The lowest BCUT2D eigenvalue weighted by Gasteiger charge is -2.23. The van der Waals surface area contributed by atoms with Gasteiger partial charge in [-0.3, -0.25) is 4.90 Å². The van der Waals surface area contributed by atoms with Crippen LogP contribution < -0.4 is 9.88 Å². The Labute approximate surface area is 182 Å². The number of nitrogens with two attached hydrogens (primary N) is 1. The third-order valence-electron chi connectivity index (χ3n) is 4.62. The minimum absolute atomic E-state index is 0.130. The zero-order valence-corrected chi connectivity index (χ0v) is 18.5. The van der Waals surface area contributed by atoms with Gasteiger partial charge in [0.25, 0.3) is 0 Å². The van der Waals surface area contributed by atoms with Crippen LogP contribution in [0.25, 0.3) is 0 Å². The molecule has 0 unspecified atom stereocenters. The second-order valence-corrected chi connectivity index (χ2v) is 9.64. The van der Waals surface area contributed by atoms with Crippen molar-refractivity contribution in [3.8, 4) is 5.75 Å². The van der Waals surface area contributed by atoms with Crippen LogP contribution in [0.4, 0.5) is 0 Å². The molecule has 3 aromatic carbocycles. The first-order valence-electron chi connectivity index (χ1n) is 9.59. The van der Waals surface area contributed by atoms with Gasteiger partial charge in [-0.25, -0.2) is 13.6 Å². The second kappa shape index (κ2) is 10.6. The van der Waals surface area contributed by atoms with E-state index < -0.39 is 10.0 Å². The molecule has 0 aromatic heterocycles. The summed E-state index contributed by atoms with van der Waals surface area (Å²) in [7, 11) is -2.01. The van der Waals surface area contributed by atoms with Crippen molar-refractivity contribution in [3.63, 3.8) is 0 Å². The van der Waals surface area contributed by atoms with Crippen LogP contribution in [0.1, 0.15) is 11.1 Å². The Hall–Kier alpha value is -2.32. The van der Waals surface area contributed by atoms with Crippen LogP contribution in [0.3, 0.4) is 0 Å². The summed E-state index contributed by atoms with van der Waals surface area (Å²) in [5.74, 6) is 1.78. The molecular formula is C23H26N2O3S2. The minimum atomic E-state index is -3.68. The van der Waals surface area contributed by atoms with E-state index in [-0.39, 0.29) is 4.90 Å². The molecule has 0 radical (unpaired) electrons. The number of benzene rings is 3. The maximum absolute atomic E-state index is 11.5. The zero-order valence-electron chi connectivity index (χ0n) is 16.9. The fourth-order valence-electron chi connectivity index (χ4n) is 3.10. The van der Waals surface area contributed by atoms with Gasteiger partial charge in [-0.15, -0.1) is 11.8 Å². The topological polar surface area (TPSA) is 72.6 Å². The Morgan fingerprint density at radius 1 is 0.900 bits per heavy atom. The zero-order chi connectivity index (χ0) is 21.4. The molecule has 158 valence electrons. The highest BCUT2D eigenvalue weighted by atomic mass is 32.2. The molecule has 3 aromatic rings. The largest absolute Gasteiger partial charge is 0.497 e. The van der Waals surface area contributed by atoms with E-state index in [0.717, 1.165) is 30.2 Å². The molecule has 0 bridgehead atoms. The second-order valence-electron chi connectivity index (χ2n) is 6.91. The van der Waals surface area contributed by atoms with Crippen LogP contribution in [-0.2, 0) is 23.1 Å². The molecule has 0 saturated carbocycles. The SMILES string of the molecule is COc1cccc(CN(CCSc2ccccc2)Cc2ccc(S(N)(=O)=O)cc2)c1. The molecule has 0 spiro atoms. The number of ether oxygens (including phenoxy) is 1. The number of methoxy groups -OCH3 is 1. The quantitative estimate of drug-likeness (QED) is 0.478. The van der Waals surface area contributed by atoms with Gasteiger partial charge in [-0.05, 0) is 47.5 Å². The van der Waals surface area contributed by atoms with Crippen molar-refractivity contribution in [3.05, 3.63) is 90.0 Å². The molecule has 0 heterocycles. The number of sulfonamides is 1. The van der Waals surface area contributed by atoms with E-state index in [1.807, 2.05) is 60.3 Å². The monoisotopic (exact) mass is 442 g/mol. The first kappa shape index (κ1) is 22.4. The van der Waals surface area contributed by atoms with Crippen molar-refractivity contribution < 1.29 is 13.2 Å². The highest BCUT2D eigenvalue weighted by Gasteiger charge is 2.11. The molecule has 2 N–H and O–H groups in total. The van der Waals surface area contributed by atoms with Gasteiger partial charge >= 0.3 is 0 Å². The molecule has 0 amide bonds. The van der Waals surface area contributed by atoms with Gasteiger partial charge in [-0.2, -0.15) is 0 Å². The van der Waals surface area contributed by atoms with Gasteiger partial charge in [0.05, 0.1) is 12.0 Å². The summed E-state index contributed by atoms with van der Waals surface area (Å²) in [5, 5.41) is 5.21. The van der Waals surface area contributed by atoms with Gasteiger partial charge < -0.3 is 4.74 Å². The van der Waals surface area contributed by atoms with Crippen molar-refractivity contribution >= 4 is 21.8 Å². The minimum Gasteiger partial charge on any atom is -0.497 e. The normalized spacial score (nSPS) is 11.6. The maximum atomic E-state index is 11.5. The van der Waals surface area contributed by atoms with Crippen molar-refractivity contribution in [2.45, 2.75) is 22.9 Å². The third kappa shape index (κ3) is 6.88. The lowest BCUT2D eigenvalue weighted by atomic mass is 10.1. The fraction of sp³-hybridized carbons (Fsp3) is 0.217. The van der Waals surface area contributed by atoms with Crippen LogP contribution >= 0.6 is 11.8 Å². The van der Waals surface area contributed by atoms with Crippen LogP contribution in [0.5, 0.6) is 5.75 Å². The van der Waals surface area contributed by atoms with Crippen molar-refractivity contribution in [2.75, 3.05) is 19.4 Å². The van der Waals surface area contributed by atoms with Crippen LogP contribution in [-0.4, -0.2) is 32.7 Å². The van der Waals surface area contributed by atoms with E-state index >= 15 is 0 Å². The summed E-state index contributed by atoms with van der Waals surface area (Å²) in [4.78, 5) is 3.72. The number of hydrogen-bond donors (Lipinski definition) is 1. The molecule has 5 nitrogen and oxygen atoms in total. The first-order chi connectivity index (χ1) is 14.4. The Morgan fingerprint density at radius 3 is 2.27 bits per heavy atom. The lowest BCUT2D eigenvalue weighted by molar-refractivity contribution is 0.273. The number of thioether (sulfide) groups is 1. The number of rotatable bonds is 10. The van der Waals surface area contributed by atoms with Gasteiger partial charge in [0.1, 0.15) is 5.75 Å². The number of primary sulfonamides is 1. The van der Waals surface area contributed by atoms with Crippen LogP contribution in [0.15, 0.2) is 88.7 Å². The molecule has 0 saturated heterocycles. The van der Waals surface area contributed by atoms with E-state index in [9.17, 15) is 8.42 Å². The van der Waals surface area contributed by atoms with Crippen LogP contribution in [0.2, 0.25) is 0 Å². The van der Waals surface area contributed by atoms with E-state index in [1.54, 1.807) is 19.2 Å². The maximum Gasteiger partial charge on any atom is 0.238 e. The molecule has 0 fully saturated rings. The summed E-state index contributed by atoms with van der Waals surface area (Å²) in [6.45, 7) is 2.36. The number of hydrogen-bond acceptors (Lipinski definition) is 5. The van der Waals surface area contributed by atoms with E-state index in [0.29, 0.717) is 6.54 Å². The Kier molecular flexibility index (Phi) is 7.93. The number of nitrogens with zero attached hydrogens (tertiary/aromatic N) is 1. The van der Waals surface area contributed by atoms with Gasteiger partial charge in [-0.1, -0.05) is 42.5 Å². The Morgan fingerprint density at radius 2 is 1.60 bits per heavy atom. The molecule has 0 aliphatic rings. The molecule has 7 heteroatoms. The summed E-state index contributed by atoms with van der Waals surface area (Å²) >= 11 is 1.82. The summed E-state index contributed by atoms with van der Waals surface area (Å²) < 4.78 is 28.3. The van der Waals surface area contributed by atoms with Gasteiger partial charge in [0.15, 0.2) is 0 Å². The molecule has 30 heavy (non-hydrogen) atoms.